The summed E-state index contributed by atoms with van der Waals surface area (Å²) in [5.41, 5.74) is 0. The van der Waals surface area contributed by atoms with Gasteiger partial charge in [0.05, 0.1) is 12.6 Å². The van der Waals surface area contributed by atoms with Crippen molar-refractivity contribution in [2.45, 2.75) is 64.5 Å². The molecule has 1 aliphatic heterocycles. The fourth-order valence-corrected chi connectivity index (χ4v) is 3.21. The first-order valence-electron chi connectivity index (χ1n) is 8.84. The average molecular weight is 331 g/mol. The second-order valence-corrected chi connectivity index (χ2v) is 6.28. The predicted molar refractivity (Wildman–Crippen MR) is 88.2 cm³/mol. The summed E-state index contributed by atoms with van der Waals surface area (Å²) in [5, 5.41) is 8.15. The van der Waals surface area contributed by atoms with Gasteiger partial charge >= 0.3 is 0 Å². The highest BCUT2D eigenvalue weighted by Gasteiger charge is 2.26. The molecule has 0 aromatic carbocycles. The standard InChI is InChI=1S/C17H25N5O2/c1-2-15-19-16(24-20-15)8-5-9-17(23)22-12-4-3-7-14(22)13-21-11-6-10-18-21/h6,10-11,14H,2-5,7-9,12-13H2,1H3. The number of nitrogens with zero attached hydrogens (tertiary/aromatic N) is 5. The molecule has 0 spiro atoms. The topological polar surface area (TPSA) is 77.0 Å². The van der Waals surface area contributed by atoms with Gasteiger partial charge in [0.25, 0.3) is 0 Å². The number of aromatic nitrogens is 4. The molecule has 0 aliphatic carbocycles. The summed E-state index contributed by atoms with van der Waals surface area (Å²) in [4.78, 5) is 18.9. The Bertz CT molecular complexity index is 637. The highest BCUT2D eigenvalue weighted by atomic mass is 16.5. The lowest BCUT2D eigenvalue weighted by molar-refractivity contribution is -0.135. The molecule has 3 rings (SSSR count). The van der Waals surface area contributed by atoms with E-state index in [1.807, 2.05) is 28.8 Å². The van der Waals surface area contributed by atoms with Crippen LogP contribution in [0.3, 0.4) is 0 Å². The van der Waals surface area contributed by atoms with Gasteiger partial charge in [-0.15, -0.1) is 0 Å². The summed E-state index contributed by atoms with van der Waals surface area (Å²) in [6, 6.07) is 2.17. The molecule has 0 bridgehead atoms. The lowest BCUT2D eigenvalue weighted by Gasteiger charge is -2.35. The molecule has 7 heteroatoms. The first-order valence-corrected chi connectivity index (χ1v) is 8.84. The average Bonchev–Trinajstić information content (AvgIpc) is 3.27. The summed E-state index contributed by atoms with van der Waals surface area (Å²) in [6.45, 7) is 3.63. The van der Waals surface area contributed by atoms with Crippen LogP contribution in [-0.4, -0.2) is 43.3 Å². The van der Waals surface area contributed by atoms with Gasteiger partial charge in [-0.25, -0.2) is 0 Å². The van der Waals surface area contributed by atoms with Gasteiger partial charge in [-0.2, -0.15) is 10.1 Å². The van der Waals surface area contributed by atoms with Crippen LogP contribution >= 0.6 is 0 Å². The van der Waals surface area contributed by atoms with Gasteiger partial charge in [0, 0.05) is 38.2 Å². The van der Waals surface area contributed by atoms with Crippen LogP contribution in [0.1, 0.15) is 50.7 Å². The van der Waals surface area contributed by atoms with Crippen LogP contribution in [0.25, 0.3) is 0 Å². The number of likely N-dealkylation sites (tertiary alicyclic amines) is 1. The predicted octanol–water partition coefficient (Wildman–Crippen LogP) is 2.23. The number of carbonyl (C=O) groups excluding carboxylic acids is 1. The maximum atomic E-state index is 12.6. The lowest BCUT2D eigenvalue weighted by Crippen LogP contribution is -2.45. The van der Waals surface area contributed by atoms with Crippen molar-refractivity contribution in [3.63, 3.8) is 0 Å². The highest BCUT2D eigenvalue weighted by Crippen LogP contribution is 2.20. The number of aryl methyl sites for hydroxylation is 2. The molecule has 1 unspecified atom stereocenters. The molecule has 2 aromatic heterocycles. The molecule has 130 valence electrons. The van der Waals surface area contributed by atoms with Gasteiger partial charge in [-0.1, -0.05) is 12.1 Å². The van der Waals surface area contributed by atoms with E-state index < -0.39 is 0 Å². The van der Waals surface area contributed by atoms with E-state index in [0.29, 0.717) is 18.7 Å². The lowest BCUT2D eigenvalue weighted by atomic mass is 10.0. The third-order valence-electron chi connectivity index (χ3n) is 4.51. The van der Waals surface area contributed by atoms with E-state index in [1.165, 1.54) is 6.42 Å². The van der Waals surface area contributed by atoms with Gasteiger partial charge in [0.15, 0.2) is 5.82 Å². The van der Waals surface area contributed by atoms with Crippen molar-refractivity contribution in [2.75, 3.05) is 6.54 Å². The third kappa shape index (κ3) is 4.21. The number of carbonyl (C=O) groups is 1. The Balaban J connectivity index is 1.50. The fraction of sp³-hybridized carbons (Fsp3) is 0.647. The highest BCUT2D eigenvalue weighted by molar-refractivity contribution is 5.76. The van der Waals surface area contributed by atoms with Crippen molar-refractivity contribution in [3.05, 3.63) is 30.2 Å². The second-order valence-electron chi connectivity index (χ2n) is 6.28. The quantitative estimate of drug-likeness (QED) is 0.777. The first-order chi connectivity index (χ1) is 11.8. The van der Waals surface area contributed by atoms with Crippen molar-refractivity contribution >= 4 is 5.91 Å². The Kier molecular flexibility index (Phi) is 5.61. The van der Waals surface area contributed by atoms with E-state index >= 15 is 0 Å². The van der Waals surface area contributed by atoms with E-state index in [-0.39, 0.29) is 11.9 Å². The normalized spacial score (nSPS) is 18.0. The van der Waals surface area contributed by atoms with E-state index in [2.05, 4.69) is 15.2 Å². The Hall–Kier alpha value is -2.18. The van der Waals surface area contributed by atoms with E-state index in [4.69, 9.17) is 4.52 Å². The van der Waals surface area contributed by atoms with Crippen molar-refractivity contribution in [1.29, 1.82) is 0 Å². The summed E-state index contributed by atoms with van der Waals surface area (Å²) < 4.78 is 7.09. The van der Waals surface area contributed by atoms with Gasteiger partial charge in [-0.05, 0) is 31.7 Å². The summed E-state index contributed by atoms with van der Waals surface area (Å²) in [7, 11) is 0. The molecule has 2 aromatic rings. The third-order valence-corrected chi connectivity index (χ3v) is 4.51. The summed E-state index contributed by atoms with van der Waals surface area (Å²) in [6.07, 6.45) is 9.76. The molecular weight excluding hydrogens is 306 g/mol. The van der Waals surface area contributed by atoms with Crippen LogP contribution in [0.15, 0.2) is 23.0 Å². The zero-order valence-electron chi connectivity index (χ0n) is 14.2. The maximum Gasteiger partial charge on any atom is 0.226 e. The Morgan fingerprint density at radius 2 is 2.33 bits per heavy atom. The van der Waals surface area contributed by atoms with Crippen LogP contribution in [0.4, 0.5) is 0 Å². The smallest absolute Gasteiger partial charge is 0.226 e. The van der Waals surface area contributed by atoms with Crippen molar-refractivity contribution < 1.29 is 9.32 Å². The molecule has 3 heterocycles. The molecule has 1 saturated heterocycles. The first kappa shape index (κ1) is 16.7. The van der Waals surface area contributed by atoms with E-state index in [9.17, 15) is 4.79 Å². The fourth-order valence-electron chi connectivity index (χ4n) is 3.21. The number of amides is 1. The van der Waals surface area contributed by atoms with Crippen LogP contribution in [0, 0.1) is 0 Å². The van der Waals surface area contributed by atoms with Crippen LogP contribution in [0.2, 0.25) is 0 Å². The molecule has 1 atom stereocenters. The Morgan fingerprint density at radius 3 is 3.08 bits per heavy atom. The van der Waals surface area contributed by atoms with Gasteiger partial charge in [0.2, 0.25) is 11.8 Å². The van der Waals surface area contributed by atoms with Gasteiger partial charge < -0.3 is 9.42 Å². The van der Waals surface area contributed by atoms with Crippen molar-refractivity contribution in [1.82, 2.24) is 24.8 Å². The van der Waals surface area contributed by atoms with Gasteiger partial charge in [0.1, 0.15) is 0 Å². The SMILES string of the molecule is CCc1noc(CCCC(=O)N2CCCCC2Cn2cccn2)n1. The van der Waals surface area contributed by atoms with Crippen LogP contribution < -0.4 is 0 Å². The Labute approximate surface area is 142 Å². The summed E-state index contributed by atoms with van der Waals surface area (Å²) in [5.74, 6) is 1.58. The zero-order valence-corrected chi connectivity index (χ0v) is 14.2. The molecule has 1 fully saturated rings. The van der Waals surface area contributed by atoms with Crippen LogP contribution in [-0.2, 0) is 24.2 Å². The molecule has 0 saturated carbocycles. The monoisotopic (exact) mass is 331 g/mol. The molecule has 24 heavy (non-hydrogen) atoms. The largest absolute Gasteiger partial charge is 0.339 e. The second kappa shape index (κ2) is 8.08. The van der Waals surface area contributed by atoms with E-state index in [1.54, 1.807) is 6.20 Å². The van der Waals surface area contributed by atoms with Gasteiger partial charge in [-0.3, -0.25) is 9.48 Å². The molecule has 0 radical (unpaired) electrons. The van der Waals surface area contributed by atoms with Crippen molar-refractivity contribution in [3.8, 4) is 0 Å². The van der Waals surface area contributed by atoms with Crippen LogP contribution in [0.5, 0.6) is 0 Å². The van der Waals surface area contributed by atoms with Crippen molar-refractivity contribution in [2.24, 2.45) is 0 Å². The van der Waals surface area contributed by atoms with E-state index in [0.717, 1.165) is 44.6 Å². The number of hydrogen-bond acceptors (Lipinski definition) is 5. The Morgan fingerprint density at radius 1 is 1.42 bits per heavy atom. The molecule has 1 amide bonds. The molecule has 7 nitrogen and oxygen atoms in total. The minimum atomic E-state index is 0.224. The molecule has 1 aliphatic rings. The minimum Gasteiger partial charge on any atom is -0.339 e. The molecular formula is C17H25N5O2. The number of piperidine rings is 1. The minimum absolute atomic E-state index is 0.224. The summed E-state index contributed by atoms with van der Waals surface area (Å²) >= 11 is 0. The maximum absolute atomic E-state index is 12.6. The zero-order chi connectivity index (χ0) is 16.8. The molecule has 0 N–H and O–H groups in total. The number of hydrogen-bond donors (Lipinski definition) is 0. The number of rotatable bonds is 7.